The first-order valence-corrected chi connectivity index (χ1v) is 8.64. The molecule has 0 bridgehead atoms. The Morgan fingerprint density at radius 2 is 1.67 bits per heavy atom. The molecule has 0 spiro atoms. The van der Waals surface area contributed by atoms with Gasteiger partial charge < -0.3 is 25.0 Å². The van der Waals surface area contributed by atoms with E-state index < -0.39 is 0 Å². The van der Waals surface area contributed by atoms with Crippen molar-refractivity contribution in [3.8, 4) is 11.5 Å². The second-order valence-corrected chi connectivity index (χ2v) is 6.17. The summed E-state index contributed by atoms with van der Waals surface area (Å²) in [6.07, 6.45) is 3.32. The molecule has 9 nitrogen and oxygen atoms in total. The number of anilines is 3. The van der Waals surface area contributed by atoms with Crippen LogP contribution in [0.2, 0.25) is 0 Å². The maximum atomic E-state index is 6.20. The molecule has 0 unspecified atom stereocenters. The number of hydrogen-bond donors (Lipinski definition) is 1. The van der Waals surface area contributed by atoms with E-state index >= 15 is 0 Å². The van der Waals surface area contributed by atoms with Gasteiger partial charge in [0.15, 0.2) is 11.5 Å². The second-order valence-electron chi connectivity index (χ2n) is 6.17. The third-order valence-corrected chi connectivity index (χ3v) is 4.67. The number of aromatic nitrogens is 4. The predicted octanol–water partition coefficient (Wildman–Crippen LogP) is 1.35. The highest BCUT2D eigenvalue weighted by Crippen LogP contribution is 2.34. The number of benzene rings is 1. The van der Waals surface area contributed by atoms with E-state index in [1.54, 1.807) is 32.8 Å². The van der Waals surface area contributed by atoms with Crippen LogP contribution in [0.5, 0.6) is 11.5 Å². The smallest absolute Gasteiger partial charge is 0.228 e. The van der Waals surface area contributed by atoms with Gasteiger partial charge in [0.2, 0.25) is 5.95 Å². The Bertz CT molecular complexity index is 943. The van der Waals surface area contributed by atoms with Crippen LogP contribution in [0.4, 0.5) is 17.6 Å². The van der Waals surface area contributed by atoms with Crippen LogP contribution in [0, 0.1) is 0 Å². The predicted molar refractivity (Wildman–Crippen MR) is 104 cm³/mol. The van der Waals surface area contributed by atoms with E-state index in [0.29, 0.717) is 23.3 Å². The molecule has 0 aliphatic carbocycles. The quantitative estimate of drug-likeness (QED) is 0.732. The van der Waals surface area contributed by atoms with Crippen molar-refractivity contribution in [1.29, 1.82) is 0 Å². The van der Waals surface area contributed by atoms with Crippen LogP contribution in [0.25, 0.3) is 10.9 Å². The molecular weight excluding hydrogens is 346 g/mol. The Kier molecular flexibility index (Phi) is 4.49. The van der Waals surface area contributed by atoms with Crippen LogP contribution in [0.1, 0.15) is 0 Å². The second kappa shape index (κ2) is 7.10. The molecule has 1 aliphatic rings. The molecule has 3 aromatic rings. The lowest BCUT2D eigenvalue weighted by Gasteiger charge is -2.35. The van der Waals surface area contributed by atoms with Gasteiger partial charge in [0.1, 0.15) is 18.0 Å². The van der Waals surface area contributed by atoms with Gasteiger partial charge in [0.05, 0.1) is 19.7 Å². The Balaban J connectivity index is 1.59. The number of hydrogen-bond acceptors (Lipinski definition) is 9. The minimum Gasteiger partial charge on any atom is -0.493 e. The fourth-order valence-electron chi connectivity index (χ4n) is 3.21. The molecule has 0 radical (unpaired) electrons. The van der Waals surface area contributed by atoms with Gasteiger partial charge >= 0.3 is 0 Å². The maximum absolute atomic E-state index is 6.20. The summed E-state index contributed by atoms with van der Waals surface area (Å²) in [5.74, 6) is 3.19. The fourth-order valence-corrected chi connectivity index (χ4v) is 3.21. The highest BCUT2D eigenvalue weighted by atomic mass is 16.5. The molecule has 4 rings (SSSR count). The molecule has 1 saturated heterocycles. The van der Waals surface area contributed by atoms with Crippen LogP contribution in [-0.2, 0) is 0 Å². The first kappa shape index (κ1) is 17.1. The summed E-state index contributed by atoms with van der Waals surface area (Å²) in [6, 6.07) is 5.55. The third kappa shape index (κ3) is 3.23. The number of nitrogen functional groups attached to an aromatic ring is 1. The van der Waals surface area contributed by atoms with Gasteiger partial charge in [-0.1, -0.05) is 0 Å². The molecule has 3 heterocycles. The average molecular weight is 367 g/mol. The molecule has 0 atom stereocenters. The topological polar surface area (TPSA) is 103 Å². The molecule has 1 aliphatic heterocycles. The van der Waals surface area contributed by atoms with E-state index in [0.717, 1.165) is 42.9 Å². The van der Waals surface area contributed by atoms with Gasteiger partial charge in [0.25, 0.3) is 0 Å². The lowest BCUT2D eigenvalue weighted by Crippen LogP contribution is -2.47. The van der Waals surface area contributed by atoms with Crippen molar-refractivity contribution >= 4 is 28.5 Å². The van der Waals surface area contributed by atoms with Crippen molar-refractivity contribution in [1.82, 2.24) is 19.9 Å². The van der Waals surface area contributed by atoms with E-state index in [4.69, 9.17) is 20.2 Å². The lowest BCUT2D eigenvalue weighted by atomic mass is 10.2. The van der Waals surface area contributed by atoms with Crippen LogP contribution in [-0.4, -0.2) is 60.3 Å². The zero-order chi connectivity index (χ0) is 18.8. The lowest BCUT2D eigenvalue weighted by molar-refractivity contribution is 0.356. The molecule has 1 aromatic carbocycles. The van der Waals surface area contributed by atoms with Gasteiger partial charge in [-0.15, -0.1) is 0 Å². The molecule has 1 fully saturated rings. The number of nitrogens with zero attached hydrogens (tertiary/aromatic N) is 6. The maximum Gasteiger partial charge on any atom is 0.228 e. The molecule has 0 saturated carbocycles. The zero-order valence-corrected chi connectivity index (χ0v) is 15.3. The minimum atomic E-state index is 0.425. The number of piperazine rings is 1. The number of methoxy groups -OCH3 is 2. The van der Waals surface area contributed by atoms with Crippen LogP contribution in [0.3, 0.4) is 0 Å². The molecule has 140 valence electrons. The van der Waals surface area contributed by atoms with Gasteiger partial charge in [-0.3, -0.25) is 0 Å². The largest absolute Gasteiger partial charge is 0.493 e. The number of ether oxygens (including phenoxy) is 2. The molecular formula is C18H21N7O2. The Labute approximate surface area is 156 Å². The minimum absolute atomic E-state index is 0.425. The van der Waals surface area contributed by atoms with Crippen molar-refractivity contribution in [3.63, 3.8) is 0 Å². The van der Waals surface area contributed by atoms with Gasteiger partial charge in [-0.25, -0.2) is 15.0 Å². The molecule has 27 heavy (non-hydrogen) atoms. The van der Waals surface area contributed by atoms with Gasteiger partial charge in [-0.05, 0) is 12.1 Å². The number of fused-ring (bicyclic) bond motifs is 1. The summed E-state index contributed by atoms with van der Waals surface area (Å²) in [4.78, 5) is 21.8. The molecule has 2 aromatic heterocycles. The summed E-state index contributed by atoms with van der Waals surface area (Å²) >= 11 is 0. The monoisotopic (exact) mass is 367 g/mol. The summed E-state index contributed by atoms with van der Waals surface area (Å²) in [6.45, 7) is 3.21. The highest BCUT2D eigenvalue weighted by molar-refractivity contribution is 5.91. The van der Waals surface area contributed by atoms with Crippen molar-refractivity contribution in [2.75, 3.05) is 55.9 Å². The standard InChI is InChI=1S/C18H21N7O2/c1-26-14-9-12-13(10-15(14)27-2)22-18(23-17(12)19)25-7-5-24(6-8-25)16-3-4-20-11-21-16/h3-4,9-11H,5-8H2,1-2H3,(H2,19,22,23). The third-order valence-electron chi connectivity index (χ3n) is 4.67. The highest BCUT2D eigenvalue weighted by Gasteiger charge is 2.21. The summed E-state index contributed by atoms with van der Waals surface area (Å²) in [5, 5.41) is 0.746. The zero-order valence-electron chi connectivity index (χ0n) is 15.3. The van der Waals surface area contributed by atoms with E-state index in [2.05, 4.69) is 24.8 Å². The Morgan fingerprint density at radius 3 is 2.33 bits per heavy atom. The average Bonchev–Trinajstić information content (AvgIpc) is 2.73. The first-order chi connectivity index (χ1) is 13.2. The summed E-state index contributed by atoms with van der Waals surface area (Å²) in [7, 11) is 3.19. The Morgan fingerprint density at radius 1 is 0.963 bits per heavy atom. The fraction of sp³-hybridized carbons (Fsp3) is 0.333. The van der Waals surface area contributed by atoms with E-state index in [1.807, 2.05) is 12.1 Å². The Hall–Kier alpha value is -3.36. The van der Waals surface area contributed by atoms with Crippen LogP contribution < -0.4 is 25.0 Å². The number of rotatable bonds is 4. The summed E-state index contributed by atoms with van der Waals surface area (Å²) in [5.41, 5.74) is 6.93. The van der Waals surface area contributed by atoms with Crippen LogP contribution in [0.15, 0.2) is 30.7 Å². The van der Waals surface area contributed by atoms with Gasteiger partial charge in [0, 0.05) is 43.8 Å². The molecule has 0 amide bonds. The molecule has 2 N–H and O–H groups in total. The van der Waals surface area contributed by atoms with E-state index in [1.165, 1.54) is 0 Å². The van der Waals surface area contributed by atoms with Crippen molar-refractivity contribution in [3.05, 3.63) is 30.7 Å². The normalized spacial score (nSPS) is 14.4. The number of nitrogens with two attached hydrogens (primary N) is 1. The van der Waals surface area contributed by atoms with E-state index in [9.17, 15) is 0 Å². The van der Waals surface area contributed by atoms with Crippen LogP contribution >= 0.6 is 0 Å². The van der Waals surface area contributed by atoms with Crippen molar-refractivity contribution in [2.24, 2.45) is 0 Å². The van der Waals surface area contributed by atoms with Crippen molar-refractivity contribution in [2.45, 2.75) is 0 Å². The van der Waals surface area contributed by atoms with Gasteiger partial charge in [-0.2, -0.15) is 4.98 Å². The van der Waals surface area contributed by atoms with Crippen molar-refractivity contribution < 1.29 is 9.47 Å². The van der Waals surface area contributed by atoms with E-state index in [-0.39, 0.29) is 0 Å². The molecule has 9 heteroatoms. The first-order valence-electron chi connectivity index (χ1n) is 8.64. The SMILES string of the molecule is COc1cc2nc(N3CCN(c4ccncn4)CC3)nc(N)c2cc1OC. The summed E-state index contributed by atoms with van der Waals surface area (Å²) < 4.78 is 10.7.